The Morgan fingerprint density at radius 1 is 1.24 bits per heavy atom. The van der Waals surface area contributed by atoms with Crippen LogP contribution >= 0.6 is 0 Å². The normalized spacial score (nSPS) is 24.9. The number of hydrogen-bond donors (Lipinski definition) is 1. The van der Waals surface area contributed by atoms with Gasteiger partial charge < -0.3 is 10.5 Å². The summed E-state index contributed by atoms with van der Waals surface area (Å²) in [6.45, 7) is 6.96. The third kappa shape index (κ3) is 2.97. The molecule has 1 saturated carbocycles. The molecular weight excluding hydrogens is 260 g/mol. The molecular formula is C18H24N2O. The zero-order valence-corrected chi connectivity index (χ0v) is 13.1. The van der Waals surface area contributed by atoms with Crippen molar-refractivity contribution >= 4 is 16.6 Å². The van der Waals surface area contributed by atoms with Gasteiger partial charge in [-0.3, -0.25) is 4.98 Å². The Morgan fingerprint density at radius 2 is 2.05 bits per heavy atom. The second-order valence-corrected chi connectivity index (χ2v) is 7.20. The highest BCUT2D eigenvalue weighted by Crippen LogP contribution is 2.41. The minimum Gasteiger partial charge on any atom is -0.488 e. The third-order valence-corrected chi connectivity index (χ3v) is 4.43. The van der Waals surface area contributed by atoms with Crippen LogP contribution in [0, 0.1) is 11.3 Å². The van der Waals surface area contributed by atoms with E-state index in [0.717, 1.165) is 29.5 Å². The lowest BCUT2D eigenvalue weighted by Gasteiger charge is -2.39. The fraction of sp³-hybridized carbons (Fsp3) is 0.500. The molecule has 2 aromatic rings. The molecule has 0 radical (unpaired) electrons. The van der Waals surface area contributed by atoms with Gasteiger partial charge in [0.05, 0.1) is 17.3 Å². The van der Waals surface area contributed by atoms with Crippen LogP contribution in [-0.4, -0.2) is 11.1 Å². The van der Waals surface area contributed by atoms with Crippen molar-refractivity contribution in [1.82, 2.24) is 4.98 Å². The van der Waals surface area contributed by atoms with Crippen LogP contribution in [0.2, 0.25) is 0 Å². The molecule has 3 rings (SSSR count). The summed E-state index contributed by atoms with van der Waals surface area (Å²) < 4.78 is 6.25. The molecule has 112 valence electrons. The molecule has 3 nitrogen and oxygen atoms in total. The zero-order valence-electron chi connectivity index (χ0n) is 13.1. The van der Waals surface area contributed by atoms with Crippen molar-refractivity contribution < 1.29 is 4.74 Å². The predicted molar refractivity (Wildman–Crippen MR) is 87.4 cm³/mol. The Kier molecular flexibility index (Phi) is 3.52. The first-order chi connectivity index (χ1) is 9.94. The van der Waals surface area contributed by atoms with Crippen LogP contribution in [0.5, 0.6) is 5.75 Å². The van der Waals surface area contributed by atoms with E-state index >= 15 is 0 Å². The van der Waals surface area contributed by atoms with E-state index in [1.54, 1.807) is 6.20 Å². The summed E-state index contributed by atoms with van der Waals surface area (Å²) in [6, 6.07) is 7.85. The van der Waals surface area contributed by atoms with Gasteiger partial charge >= 0.3 is 0 Å². The maximum atomic E-state index is 6.27. The lowest BCUT2D eigenvalue weighted by molar-refractivity contribution is 0.0568. The second kappa shape index (κ2) is 5.21. The Balaban J connectivity index is 1.86. The number of pyridine rings is 1. The van der Waals surface area contributed by atoms with Crippen molar-refractivity contribution in [2.45, 2.75) is 46.1 Å². The smallest absolute Gasteiger partial charge is 0.143 e. The van der Waals surface area contributed by atoms with E-state index in [-0.39, 0.29) is 6.10 Å². The average Bonchev–Trinajstić information content (AvgIpc) is 2.40. The van der Waals surface area contributed by atoms with E-state index in [1.807, 2.05) is 24.3 Å². The van der Waals surface area contributed by atoms with E-state index in [0.29, 0.717) is 17.0 Å². The Hall–Kier alpha value is -1.77. The van der Waals surface area contributed by atoms with Gasteiger partial charge in [-0.15, -0.1) is 0 Å². The number of rotatable bonds is 2. The number of fused-ring (bicyclic) bond motifs is 1. The average molecular weight is 284 g/mol. The number of anilines is 1. The molecule has 0 aliphatic heterocycles. The molecule has 1 aromatic carbocycles. The first-order valence-electron chi connectivity index (χ1n) is 7.74. The first kappa shape index (κ1) is 14.2. The maximum absolute atomic E-state index is 6.27. The summed E-state index contributed by atoms with van der Waals surface area (Å²) in [5.41, 5.74) is 8.24. The van der Waals surface area contributed by atoms with E-state index in [9.17, 15) is 0 Å². The zero-order chi connectivity index (χ0) is 15.0. The van der Waals surface area contributed by atoms with Gasteiger partial charge in [0.25, 0.3) is 0 Å². The molecule has 1 aliphatic rings. The van der Waals surface area contributed by atoms with Crippen LogP contribution in [0.1, 0.15) is 40.0 Å². The lowest BCUT2D eigenvalue weighted by atomic mass is 9.71. The minimum absolute atomic E-state index is 0.250. The molecule has 2 N–H and O–H groups in total. The molecule has 1 aliphatic carbocycles. The molecule has 3 heteroatoms. The second-order valence-electron chi connectivity index (χ2n) is 7.20. The summed E-state index contributed by atoms with van der Waals surface area (Å²) in [4.78, 5) is 4.33. The molecule has 2 unspecified atom stereocenters. The molecule has 0 bridgehead atoms. The van der Waals surface area contributed by atoms with Crippen LogP contribution in [0.15, 0.2) is 30.5 Å². The fourth-order valence-corrected chi connectivity index (χ4v) is 3.79. The summed E-state index contributed by atoms with van der Waals surface area (Å²) in [7, 11) is 0. The number of nitrogen functional groups attached to an aromatic ring is 1. The summed E-state index contributed by atoms with van der Waals surface area (Å²) in [5.74, 6) is 1.49. The standard InChI is InChI=1S/C18H24N2O/c1-12-9-13(11-18(2,3)10-12)21-16-7-6-15-14(17(16)19)5-4-8-20-15/h4-8,12-13H,9-11,19H2,1-3H3. The number of nitrogens with two attached hydrogens (primary N) is 1. The highest BCUT2D eigenvalue weighted by molar-refractivity contribution is 5.93. The summed E-state index contributed by atoms with van der Waals surface area (Å²) in [6.07, 6.45) is 5.49. The summed E-state index contributed by atoms with van der Waals surface area (Å²) >= 11 is 0. The van der Waals surface area contributed by atoms with Crippen molar-refractivity contribution in [2.75, 3.05) is 5.73 Å². The molecule has 0 saturated heterocycles. The molecule has 1 fully saturated rings. The van der Waals surface area contributed by atoms with E-state index in [2.05, 4.69) is 25.8 Å². The number of benzene rings is 1. The van der Waals surface area contributed by atoms with Gasteiger partial charge in [-0.2, -0.15) is 0 Å². The van der Waals surface area contributed by atoms with Crippen molar-refractivity contribution in [3.63, 3.8) is 0 Å². The topological polar surface area (TPSA) is 48.1 Å². The van der Waals surface area contributed by atoms with Crippen LogP contribution in [0.25, 0.3) is 10.9 Å². The van der Waals surface area contributed by atoms with Gasteiger partial charge in [-0.05, 0) is 54.9 Å². The van der Waals surface area contributed by atoms with Gasteiger partial charge in [0.15, 0.2) is 0 Å². The van der Waals surface area contributed by atoms with Gasteiger partial charge in [-0.1, -0.05) is 20.8 Å². The predicted octanol–water partition coefficient (Wildman–Crippen LogP) is 4.41. The molecule has 0 spiro atoms. The molecule has 0 amide bonds. The highest BCUT2D eigenvalue weighted by atomic mass is 16.5. The monoisotopic (exact) mass is 284 g/mol. The SMILES string of the molecule is CC1CC(Oc2ccc3ncccc3c2N)CC(C)(C)C1. The van der Waals surface area contributed by atoms with Crippen LogP contribution in [-0.2, 0) is 0 Å². The number of nitrogens with zero attached hydrogens (tertiary/aromatic N) is 1. The number of hydrogen-bond acceptors (Lipinski definition) is 3. The first-order valence-corrected chi connectivity index (χ1v) is 7.74. The van der Waals surface area contributed by atoms with E-state index in [1.165, 1.54) is 6.42 Å². The van der Waals surface area contributed by atoms with Crippen molar-refractivity contribution in [1.29, 1.82) is 0 Å². The van der Waals surface area contributed by atoms with Gasteiger partial charge in [-0.25, -0.2) is 0 Å². The van der Waals surface area contributed by atoms with Crippen LogP contribution in [0.3, 0.4) is 0 Å². The van der Waals surface area contributed by atoms with E-state index in [4.69, 9.17) is 10.5 Å². The Bertz CT molecular complexity index is 651. The maximum Gasteiger partial charge on any atom is 0.143 e. The molecule has 1 aromatic heterocycles. The highest BCUT2D eigenvalue weighted by Gasteiger charge is 2.33. The third-order valence-electron chi connectivity index (χ3n) is 4.43. The molecule has 21 heavy (non-hydrogen) atoms. The Labute approximate surface area is 126 Å². The van der Waals surface area contributed by atoms with Crippen molar-refractivity contribution in [3.8, 4) is 5.75 Å². The number of aromatic nitrogens is 1. The van der Waals surface area contributed by atoms with Gasteiger partial charge in [0.2, 0.25) is 0 Å². The Morgan fingerprint density at radius 3 is 2.81 bits per heavy atom. The minimum atomic E-state index is 0.250. The van der Waals surface area contributed by atoms with E-state index < -0.39 is 0 Å². The quantitative estimate of drug-likeness (QED) is 0.831. The number of ether oxygens (including phenoxy) is 1. The lowest BCUT2D eigenvalue weighted by Crippen LogP contribution is -2.34. The van der Waals surface area contributed by atoms with Crippen molar-refractivity contribution in [3.05, 3.63) is 30.5 Å². The largest absolute Gasteiger partial charge is 0.488 e. The van der Waals surface area contributed by atoms with Gasteiger partial charge in [0.1, 0.15) is 5.75 Å². The summed E-state index contributed by atoms with van der Waals surface area (Å²) in [5, 5.41) is 0.970. The van der Waals surface area contributed by atoms with Gasteiger partial charge in [0, 0.05) is 11.6 Å². The molecule has 1 heterocycles. The van der Waals surface area contributed by atoms with Crippen LogP contribution in [0.4, 0.5) is 5.69 Å². The van der Waals surface area contributed by atoms with Crippen LogP contribution < -0.4 is 10.5 Å². The molecule has 2 atom stereocenters. The van der Waals surface area contributed by atoms with Crippen molar-refractivity contribution in [2.24, 2.45) is 11.3 Å². The fourth-order valence-electron chi connectivity index (χ4n) is 3.79.